The first kappa shape index (κ1) is 35.1. The third-order valence-corrected chi connectivity index (χ3v) is 8.80. The molecule has 1 unspecified atom stereocenters. The summed E-state index contributed by atoms with van der Waals surface area (Å²) in [5, 5.41) is 0. The molecule has 41 heavy (non-hydrogen) atoms. The van der Waals surface area contributed by atoms with E-state index >= 15 is 0 Å². The van der Waals surface area contributed by atoms with Crippen LogP contribution >= 0.6 is 12.4 Å². The van der Waals surface area contributed by atoms with Gasteiger partial charge in [0.1, 0.15) is 0 Å². The Morgan fingerprint density at radius 1 is 0.488 bits per heavy atom. The Balaban J connectivity index is 0.00000588. The smallest absolute Gasteiger partial charge is 0.0267 e. The fraction of sp³-hybridized carbons (Fsp3) is 0.538. The minimum atomic E-state index is -0.283. The highest BCUT2D eigenvalue weighted by Gasteiger charge is 2.35. The van der Waals surface area contributed by atoms with E-state index in [1.807, 2.05) is 0 Å². The largest absolute Gasteiger partial charge is 0.324 e. The molecule has 0 aliphatic carbocycles. The Bertz CT molecular complexity index is 946. The van der Waals surface area contributed by atoms with E-state index in [0.717, 1.165) is 19.3 Å². The average Bonchev–Trinajstić information content (AvgIpc) is 2.98. The Kier molecular flexibility index (Phi) is 18.5. The van der Waals surface area contributed by atoms with Gasteiger partial charge in [-0.2, -0.15) is 0 Å². The number of rotatable bonds is 22. The zero-order valence-electron chi connectivity index (χ0n) is 26.0. The molecule has 0 spiro atoms. The first-order valence-electron chi connectivity index (χ1n) is 16.6. The topological polar surface area (TPSA) is 26.0 Å². The summed E-state index contributed by atoms with van der Waals surface area (Å²) in [5.74, 6) is 0.438. The summed E-state index contributed by atoms with van der Waals surface area (Å²) in [6.07, 6.45) is 23.7. The van der Waals surface area contributed by atoms with Gasteiger partial charge in [-0.1, -0.05) is 188 Å². The Morgan fingerprint density at radius 3 is 1.22 bits per heavy atom. The van der Waals surface area contributed by atoms with Crippen molar-refractivity contribution < 1.29 is 0 Å². The molecule has 0 aromatic heterocycles. The molecule has 0 aliphatic heterocycles. The number of unbranched alkanes of at least 4 members (excludes halogenated alkanes) is 13. The van der Waals surface area contributed by atoms with Crippen LogP contribution in [0.3, 0.4) is 0 Å². The number of hydrogen-bond donors (Lipinski definition) is 1. The minimum absolute atomic E-state index is 0. The summed E-state index contributed by atoms with van der Waals surface area (Å²) in [5.41, 5.74) is 11.3. The zero-order chi connectivity index (χ0) is 28.1. The van der Waals surface area contributed by atoms with E-state index in [0.29, 0.717) is 5.92 Å². The molecular weight excluding hydrogens is 518 g/mol. The first-order chi connectivity index (χ1) is 19.7. The van der Waals surface area contributed by atoms with Crippen molar-refractivity contribution in [3.63, 3.8) is 0 Å². The van der Waals surface area contributed by atoms with Gasteiger partial charge in [0.2, 0.25) is 0 Å². The number of nitrogens with two attached hydrogens (primary N) is 1. The predicted octanol–water partition coefficient (Wildman–Crippen LogP) is 11.3. The minimum Gasteiger partial charge on any atom is -0.324 e. The van der Waals surface area contributed by atoms with Crippen molar-refractivity contribution in [2.24, 2.45) is 11.7 Å². The van der Waals surface area contributed by atoms with Gasteiger partial charge in [-0.05, 0) is 48.3 Å². The first-order valence-corrected chi connectivity index (χ1v) is 16.6. The van der Waals surface area contributed by atoms with Crippen molar-refractivity contribution in [2.45, 2.75) is 128 Å². The van der Waals surface area contributed by atoms with Crippen LogP contribution in [0.25, 0.3) is 0 Å². The molecule has 226 valence electrons. The molecule has 0 fully saturated rings. The van der Waals surface area contributed by atoms with E-state index in [-0.39, 0.29) is 17.9 Å². The number of halogens is 1. The lowest BCUT2D eigenvalue weighted by Crippen LogP contribution is -2.52. The molecule has 0 aliphatic rings. The van der Waals surface area contributed by atoms with Crippen LogP contribution in [0, 0.1) is 5.92 Å². The summed E-state index contributed by atoms with van der Waals surface area (Å²) in [6, 6.07) is 32.8. The molecule has 0 heterocycles. The summed E-state index contributed by atoms with van der Waals surface area (Å²) in [4.78, 5) is 0. The third-order valence-electron chi connectivity index (χ3n) is 8.80. The van der Waals surface area contributed by atoms with E-state index < -0.39 is 0 Å². The van der Waals surface area contributed by atoms with Crippen molar-refractivity contribution in [3.05, 3.63) is 108 Å². The predicted molar refractivity (Wildman–Crippen MR) is 183 cm³/mol. The van der Waals surface area contributed by atoms with Crippen molar-refractivity contribution >= 4 is 12.4 Å². The summed E-state index contributed by atoms with van der Waals surface area (Å²) >= 11 is 0. The van der Waals surface area contributed by atoms with Crippen LogP contribution < -0.4 is 5.73 Å². The highest BCUT2D eigenvalue weighted by molar-refractivity contribution is 5.85. The number of benzene rings is 3. The van der Waals surface area contributed by atoms with Gasteiger partial charge in [0.05, 0.1) is 0 Å². The van der Waals surface area contributed by atoms with Crippen LogP contribution in [-0.2, 0) is 19.3 Å². The lowest BCUT2D eigenvalue weighted by atomic mass is 9.71. The maximum Gasteiger partial charge on any atom is 0.0267 e. The monoisotopic (exact) mass is 575 g/mol. The molecule has 0 saturated heterocycles. The fourth-order valence-electron chi connectivity index (χ4n) is 6.38. The standard InChI is InChI=1S/C39H57N.ClH/c1-2-3-4-5-6-7-8-9-10-11-12-13-14-24-31-38(32-35-25-18-15-19-26-35)39(40,33-36-27-20-16-21-28-36)34-37-29-22-17-23-30-37;/h15-23,25-30,38H,2-14,24,31-34,40H2,1H3;1H. The maximum absolute atomic E-state index is 7.51. The second kappa shape index (κ2) is 21.6. The van der Waals surface area contributed by atoms with Crippen molar-refractivity contribution in [1.29, 1.82) is 0 Å². The number of hydrogen-bond acceptors (Lipinski definition) is 1. The van der Waals surface area contributed by atoms with Crippen LogP contribution in [0.1, 0.15) is 120 Å². The van der Waals surface area contributed by atoms with E-state index in [1.54, 1.807) is 0 Å². The highest BCUT2D eigenvalue weighted by atomic mass is 35.5. The van der Waals surface area contributed by atoms with Gasteiger partial charge < -0.3 is 5.73 Å². The van der Waals surface area contributed by atoms with E-state index in [9.17, 15) is 0 Å². The molecule has 3 aromatic rings. The Labute approximate surface area is 259 Å². The maximum atomic E-state index is 7.51. The van der Waals surface area contributed by atoms with Crippen LogP contribution in [0.5, 0.6) is 0 Å². The molecule has 0 saturated carbocycles. The molecule has 0 radical (unpaired) electrons. The van der Waals surface area contributed by atoms with Gasteiger partial charge in [0.25, 0.3) is 0 Å². The molecule has 2 N–H and O–H groups in total. The molecule has 0 amide bonds. The fourth-order valence-corrected chi connectivity index (χ4v) is 6.38. The lowest BCUT2D eigenvalue weighted by Gasteiger charge is -2.39. The molecule has 3 rings (SSSR count). The molecular formula is C39H58ClN. The molecule has 1 atom stereocenters. The average molecular weight is 576 g/mol. The van der Waals surface area contributed by atoms with E-state index in [1.165, 1.54) is 113 Å². The quantitative estimate of drug-likeness (QED) is 0.118. The zero-order valence-corrected chi connectivity index (χ0v) is 26.8. The van der Waals surface area contributed by atoms with Gasteiger partial charge in [0.15, 0.2) is 0 Å². The van der Waals surface area contributed by atoms with Crippen LogP contribution in [-0.4, -0.2) is 5.54 Å². The second-order valence-corrected chi connectivity index (χ2v) is 12.3. The molecule has 3 aromatic carbocycles. The highest BCUT2D eigenvalue weighted by Crippen LogP contribution is 2.32. The van der Waals surface area contributed by atoms with Crippen LogP contribution in [0.15, 0.2) is 91.0 Å². The van der Waals surface area contributed by atoms with Gasteiger partial charge in [-0.25, -0.2) is 0 Å². The van der Waals surface area contributed by atoms with E-state index in [4.69, 9.17) is 5.73 Å². The Morgan fingerprint density at radius 2 is 0.829 bits per heavy atom. The summed E-state index contributed by atoms with van der Waals surface area (Å²) in [6.45, 7) is 2.30. The lowest BCUT2D eigenvalue weighted by molar-refractivity contribution is 0.241. The normalized spacial score (nSPS) is 12.1. The van der Waals surface area contributed by atoms with E-state index in [2.05, 4.69) is 97.9 Å². The Hall–Kier alpha value is -2.09. The van der Waals surface area contributed by atoms with Crippen LogP contribution in [0.4, 0.5) is 0 Å². The van der Waals surface area contributed by atoms with Crippen molar-refractivity contribution in [1.82, 2.24) is 0 Å². The summed E-state index contributed by atoms with van der Waals surface area (Å²) < 4.78 is 0. The van der Waals surface area contributed by atoms with Crippen LogP contribution in [0.2, 0.25) is 0 Å². The van der Waals surface area contributed by atoms with Gasteiger partial charge in [-0.15, -0.1) is 12.4 Å². The molecule has 2 heteroatoms. The van der Waals surface area contributed by atoms with Gasteiger partial charge >= 0.3 is 0 Å². The van der Waals surface area contributed by atoms with Crippen molar-refractivity contribution in [2.75, 3.05) is 0 Å². The summed E-state index contributed by atoms with van der Waals surface area (Å²) in [7, 11) is 0. The van der Waals surface area contributed by atoms with Gasteiger partial charge in [-0.3, -0.25) is 0 Å². The SMILES string of the molecule is CCCCCCCCCCCCCCCCC(Cc1ccccc1)C(N)(Cc1ccccc1)Cc1ccccc1.Cl. The van der Waals surface area contributed by atoms with Crippen molar-refractivity contribution in [3.8, 4) is 0 Å². The molecule has 1 nitrogen and oxygen atoms in total. The second-order valence-electron chi connectivity index (χ2n) is 12.3. The third kappa shape index (κ3) is 14.6. The molecule has 0 bridgehead atoms. The van der Waals surface area contributed by atoms with Gasteiger partial charge in [0, 0.05) is 5.54 Å².